The first-order chi connectivity index (χ1) is 8.38. The van der Waals surface area contributed by atoms with Crippen molar-refractivity contribution in [1.82, 2.24) is 9.97 Å². The molecule has 0 unspecified atom stereocenters. The van der Waals surface area contributed by atoms with Gasteiger partial charge in [-0.15, -0.1) is 0 Å². The number of hydrogen-bond donors (Lipinski definition) is 1. The summed E-state index contributed by atoms with van der Waals surface area (Å²) >= 11 is 0. The predicted molar refractivity (Wildman–Crippen MR) is 66.2 cm³/mol. The molecule has 0 saturated heterocycles. The highest BCUT2D eigenvalue weighted by Gasteiger charge is 2.06. The maximum atomic E-state index is 8.79. The summed E-state index contributed by atoms with van der Waals surface area (Å²) < 4.78 is 0. The van der Waals surface area contributed by atoms with E-state index in [9.17, 15) is 0 Å². The van der Waals surface area contributed by atoms with E-state index < -0.39 is 0 Å². The molecule has 1 aromatic carbocycles. The van der Waals surface area contributed by atoms with Crippen LogP contribution in [0.4, 0.5) is 0 Å². The van der Waals surface area contributed by atoms with Gasteiger partial charge in [-0.25, -0.2) is 4.98 Å². The van der Waals surface area contributed by atoms with Gasteiger partial charge in [-0.1, -0.05) is 30.3 Å². The van der Waals surface area contributed by atoms with E-state index in [4.69, 9.17) is 5.26 Å². The number of hydrogen-bond acceptors (Lipinski definition) is 2. The van der Waals surface area contributed by atoms with Crippen LogP contribution in [0.1, 0.15) is 5.69 Å². The summed E-state index contributed by atoms with van der Waals surface area (Å²) in [6, 6.07) is 15.8. The van der Waals surface area contributed by atoms with Gasteiger partial charge in [0.15, 0.2) is 0 Å². The van der Waals surface area contributed by atoms with E-state index >= 15 is 0 Å². The van der Waals surface area contributed by atoms with Gasteiger partial charge in [0.2, 0.25) is 0 Å². The van der Waals surface area contributed by atoms with Crippen molar-refractivity contribution in [3.05, 3.63) is 54.4 Å². The van der Waals surface area contributed by atoms with Crippen LogP contribution in [0, 0.1) is 11.3 Å². The van der Waals surface area contributed by atoms with E-state index in [1.807, 2.05) is 36.5 Å². The molecule has 1 N–H and O–H groups in total. The quantitative estimate of drug-likeness (QED) is 0.683. The van der Waals surface area contributed by atoms with Gasteiger partial charge in [0, 0.05) is 17.1 Å². The molecule has 3 rings (SSSR count). The van der Waals surface area contributed by atoms with Gasteiger partial charge in [0.05, 0.1) is 0 Å². The van der Waals surface area contributed by atoms with Crippen LogP contribution >= 0.6 is 0 Å². The Balaban J connectivity index is 2.23. The van der Waals surface area contributed by atoms with Crippen molar-refractivity contribution < 1.29 is 0 Å². The number of fused-ring (bicyclic) bond motifs is 1. The number of nitrogens with one attached hydrogen (secondary N) is 1. The van der Waals surface area contributed by atoms with Crippen LogP contribution in [0.5, 0.6) is 0 Å². The fourth-order valence-corrected chi connectivity index (χ4v) is 1.92. The van der Waals surface area contributed by atoms with Crippen LogP contribution in [0.15, 0.2) is 48.7 Å². The van der Waals surface area contributed by atoms with E-state index in [2.05, 4.69) is 22.1 Å². The number of aromatic nitrogens is 2. The SMILES string of the molecule is N#Cc1ccc2c(-c3ccccc3)c[nH]c2n1. The standard InChI is InChI=1S/C14H9N3/c15-8-11-6-7-12-13(9-16-14(12)17-11)10-4-2-1-3-5-10/h1-7,9H,(H,16,17). The Bertz CT molecular complexity index is 705. The number of nitrogens with zero attached hydrogens (tertiary/aromatic N) is 2. The zero-order valence-electron chi connectivity index (χ0n) is 9.01. The molecule has 17 heavy (non-hydrogen) atoms. The second-order valence-corrected chi connectivity index (χ2v) is 3.77. The number of rotatable bonds is 1. The molecule has 0 aliphatic carbocycles. The topological polar surface area (TPSA) is 52.5 Å². The Hall–Kier alpha value is -2.60. The van der Waals surface area contributed by atoms with Crippen molar-refractivity contribution in [3.8, 4) is 17.2 Å². The van der Waals surface area contributed by atoms with Crippen molar-refractivity contribution in [2.24, 2.45) is 0 Å². The first kappa shape index (κ1) is 9.61. The van der Waals surface area contributed by atoms with Crippen LogP contribution in [0.2, 0.25) is 0 Å². The summed E-state index contributed by atoms with van der Waals surface area (Å²) in [4.78, 5) is 7.32. The zero-order chi connectivity index (χ0) is 11.7. The minimum atomic E-state index is 0.430. The van der Waals surface area contributed by atoms with E-state index in [-0.39, 0.29) is 0 Å². The molecule has 0 aliphatic heterocycles. The molecule has 0 fully saturated rings. The molecule has 0 spiro atoms. The molecule has 0 saturated carbocycles. The lowest BCUT2D eigenvalue weighted by molar-refractivity contribution is 1.28. The highest BCUT2D eigenvalue weighted by atomic mass is 14.9. The van der Waals surface area contributed by atoms with Crippen molar-refractivity contribution in [3.63, 3.8) is 0 Å². The van der Waals surface area contributed by atoms with Crippen LogP contribution in [0.25, 0.3) is 22.2 Å². The molecule has 0 bridgehead atoms. The van der Waals surface area contributed by atoms with Crippen molar-refractivity contribution in [2.75, 3.05) is 0 Å². The third kappa shape index (κ3) is 1.56. The Morgan fingerprint density at radius 3 is 2.65 bits per heavy atom. The Morgan fingerprint density at radius 2 is 1.88 bits per heavy atom. The molecule has 3 heteroatoms. The average Bonchev–Trinajstić information content (AvgIpc) is 2.82. The smallest absolute Gasteiger partial charge is 0.142 e. The monoisotopic (exact) mass is 219 g/mol. The lowest BCUT2D eigenvalue weighted by atomic mass is 10.1. The second-order valence-electron chi connectivity index (χ2n) is 3.77. The van der Waals surface area contributed by atoms with Gasteiger partial charge < -0.3 is 4.98 Å². The Labute approximate surface area is 98.4 Å². The highest BCUT2D eigenvalue weighted by Crippen LogP contribution is 2.27. The lowest BCUT2D eigenvalue weighted by Crippen LogP contribution is -1.82. The molecule has 80 valence electrons. The third-order valence-electron chi connectivity index (χ3n) is 2.74. The number of benzene rings is 1. The summed E-state index contributed by atoms with van der Waals surface area (Å²) in [6.07, 6.45) is 1.92. The molecule has 0 radical (unpaired) electrons. The number of pyridine rings is 1. The zero-order valence-corrected chi connectivity index (χ0v) is 9.01. The molecule has 0 atom stereocenters. The van der Waals surface area contributed by atoms with Gasteiger partial charge in [0.1, 0.15) is 17.4 Å². The summed E-state index contributed by atoms with van der Waals surface area (Å²) in [6.45, 7) is 0. The maximum Gasteiger partial charge on any atom is 0.142 e. The molecular formula is C14H9N3. The molecular weight excluding hydrogens is 210 g/mol. The third-order valence-corrected chi connectivity index (χ3v) is 2.74. The van der Waals surface area contributed by atoms with Crippen LogP contribution < -0.4 is 0 Å². The summed E-state index contributed by atoms with van der Waals surface area (Å²) in [5, 5.41) is 9.83. The van der Waals surface area contributed by atoms with Crippen LogP contribution in [-0.4, -0.2) is 9.97 Å². The lowest BCUT2D eigenvalue weighted by Gasteiger charge is -1.98. The molecule has 3 nitrogen and oxygen atoms in total. The first-order valence-corrected chi connectivity index (χ1v) is 5.32. The minimum Gasteiger partial charge on any atom is -0.345 e. The van der Waals surface area contributed by atoms with Gasteiger partial charge in [-0.3, -0.25) is 0 Å². The molecule has 3 aromatic rings. The fraction of sp³-hybridized carbons (Fsp3) is 0. The van der Waals surface area contributed by atoms with Gasteiger partial charge >= 0.3 is 0 Å². The Morgan fingerprint density at radius 1 is 1.06 bits per heavy atom. The largest absolute Gasteiger partial charge is 0.345 e. The molecule has 0 amide bonds. The number of H-pyrrole nitrogens is 1. The highest BCUT2D eigenvalue weighted by molar-refractivity contribution is 5.93. The molecule has 0 aliphatic rings. The van der Waals surface area contributed by atoms with Crippen molar-refractivity contribution >= 4 is 11.0 Å². The van der Waals surface area contributed by atoms with Gasteiger partial charge in [-0.05, 0) is 17.7 Å². The van der Waals surface area contributed by atoms with E-state index in [1.165, 1.54) is 0 Å². The normalized spacial score (nSPS) is 10.3. The predicted octanol–water partition coefficient (Wildman–Crippen LogP) is 3.10. The minimum absolute atomic E-state index is 0.430. The van der Waals surface area contributed by atoms with Crippen molar-refractivity contribution in [1.29, 1.82) is 5.26 Å². The van der Waals surface area contributed by atoms with Crippen molar-refractivity contribution in [2.45, 2.75) is 0 Å². The Kier molecular flexibility index (Phi) is 2.13. The second kappa shape index (κ2) is 3.76. The first-order valence-electron chi connectivity index (χ1n) is 5.32. The van der Waals surface area contributed by atoms with E-state index in [0.717, 1.165) is 22.2 Å². The summed E-state index contributed by atoms with van der Waals surface area (Å²) in [5.41, 5.74) is 3.43. The van der Waals surface area contributed by atoms with Gasteiger partial charge in [0.25, 0.3) is 0 Å². The maximum absolute atomic E-state index is 8.79. The van der Waals surface area contributed by atoms with Crippen LogP contribution in [0.3, 0.4) is 0 Å². The number of aromatic amines is 1. The summed E-state index contributed by atoms with van der Waals surface area (Å²) in [7, 11) is 0. The van der Waals surface area contributed by atoms with Crippen LogP contribution in [-0.2, 0) is 0 Å². The fourth-order valence-electron chi connectivity index (χ4n) is 1.92. The summed E-state index contributed by atoms with van der Waals surface area (Å²) in [5.74, 6) is 0. The molecule has 2 aromatic heterocycles. The average molecular weight is 219 g/mol. The van der Waals surface area contributed by atoms with Gasteiger partial charge in [-0.2, -0.15) is 5.26 Å². The molecule has 2 heterocycles. The van der Waals surface area contributed by atoms with E-state index in [1.54, 1.807) is 6.07 Å². The van der Waals surface area contributed by atoms with E-state index in [0.29, 0.717) is 5.69 Å². The number of nitriles is 1.